The molecule has 0 radical (unpaired) electrons. The van der Waals surface area contributed by atoms with Crippen LogP contribution in [0.2, 0.25) is 4.34 Å². The molecule has 2 rings (SSSR count). The number of aromatic amines is 1. The maximum atomic E-state index is 11.9. The van der Waals surface area contributed by atoms with Crippen molar-refractivity contribution >= 4 is 28.8 Å². The van der Waals surface area contributed by atoms with Gasteiger partial charge < -0.3 is 5.32 Å². The number of H-pyrrole nitrogens is 1. The number of hydrogen-bond acceptors (Lipinski definition) is 4. The van der Waals surface area contributed by atoms with Crippen molar-refractivity contribution in [3.63, 3.8) is 0 Å². The second-order valence-corrected chi connectivity index (χ2v) is 7.27. The molecular weight excluding hydrogens is 296 g/mol. The first-order valence-electron chi connectivity index (χ1n) is 6.31. The summed E-state index contributed by atoms with van der Waals surface area (Å²) in [5.41, 5.74) is -0.154. The maximum Gasteiger partial charge on any atom is 0.290 e. The van der Waals surface area contributed by atoms with Crippen LogP contribution in [0.1, 0.15) is 42.1 Å². The molecule has 0 aromatic carbocycles. The highest BCUT2D eigenvalue weighted by Crippen LogP contribution is 2.21. The van der Waals surface area contributed by atoms with E-state index in [0.29, 0.717) is 12.4 Å². The Kier molecular flexibility index (Phi) is 4.45. The summed E-state index contributed by atoms with van der Waals surface area (Å²) in [6, 6.07) is 3.82. The molecule has 0 unspecified atom stereocenters. The first-order valence-corrected chi connectivity index (χ1v) is 7.51. The Morgan fingerprint density at radius 2 is 2.20 bits per heavy atom. The lowest BCUT2D eigenvalue weighted by Crippen LogP contribution is -2.26. The smallest absolute Gasteiger partial charge is 0.290 e. The fourth-order valence-corrected chi connectivity index (χ4v) is 2.65. The predicted molar refractivity (Wildman–Crippen MR) is 80.4 cm³/mol. The van der Waals surface area contributed by atoms with Crippen LogP contribution in [0, 0.1) is 0 Å². The van der Waals surface area contributed by atoms with Gasteiger partial charge in [0.15, 0.2) is 0 Å². The molecule has 20 heavy (non-hydrogen) atoms. The highest BCUT2D eigenvalue weighted by molar-refractivity contribution is 7.16. The van der Waals surface area contributed by atoms with Crippen LogP contribution in [0.3, 0.4) is 0 Å². The summed E-state index contributed by atoms with van der Waals surface area (Å²) in [7, 11) is 0. The van der Waals surface area contributed by atoms with E-state index in [4.69, 9.17) is 11.6 Å². The van der Waals surface area contributed by atoms with Crippen molar-refractivity contribution < 1.29 is 4.79 Å². The van der Waals surface area contributed by atoms with E-state index in [1.54, 1.807) is 0 Å². The summed E-state index contributed by atoms with van der Waals surface area (Å²) in [6.45, 7) is 6.57. The van der Waals surface area contributed by atoms with Crippen LogP contribution in [-0.2, 0) is 11.8 Å². The molecule has 0 atom stereocenters. The van der Waals surface area contributed by atoms with Gasteiger partial charge in [0, 0.05) is 16.8 Å². The maximum absolute atomic E-state index is 11.9. The molecule has 0 saturated carbocycles. The van der Waals surface area contributed by atoms with Crippen LogP contribution in [0.5, 0.6) is 0 Å². The molecule has 2 heterocycles. The van der Waals surface area contributed by atoms with E-state index in [-0.39, 0.29) is 17.1 Å². The molecule has 2 aromatic rings. The lowest BCUT2D eigenvalue weighted by molar-refractivity contribution is 0.0944. The Balaban J connectivity index is 1.87. The second kappa shape index (κ2) is 5.93. The number of nitrogens with zero attached hydrogens (tertiary/aromatic N) is 2. The Bertz CT molecular complexity index is 600. The van der Waals surface area contributed by atoms with E-state index < -0.39 is 0 Å². The SMILES string of the molecule is CC(C)(C)c1nc(C(=O)NCCc2ccc(Cl)s2)n[nH]1. The van der Waals surface area contributed by atoms with Crippen molar-refractivity contribution in [2.75, 3.05) is 6.54 Å². The minimum absolute atomic E-state index is 0.154. The molecule has 2 aromatic heterocycles. The quantitative estimate of drug-likeness (QED) is 0.912. The van der Waals surface area contributed by atoms with Gasteiger partial charge >= 0.3 is 0 Å². The zero-order chi connectivity index (χ0) is 14.8. The molecule has 0 aliphatic rings. The lowest BCUT2D eigenvalue weighted by Gasteiger charge is -2.12. The number of amides is 1. The van der Waals surface area contributed by atoms with E-state index in [0.717, 1.165) is 15.6 Å². The summed E-state index contributed by atoms with van der Waals surface area (Å²) in [5, 5.41) is 9.55. The summed E-state index contributed by atoms with van der Waals surface area (Å²) in [4.78, 5) is 17.3. The van der Waals surface area contributed by atoms with Gasteiger partial charge in [0.2, 0.25) is 5.82 Å². The summed E-state index contributed by atoms with van der Waals surface area (Å²) in [5.74, 6) is 0.617. The van der Waals surface area contributed by atoms with Gasteiger partial charge in [0.05, 0.1) is 4.34 Å². The molecule has 2 N–H and O–H groups in total. The lowest BCUT2D eigenvalue weighted by atomic mass is 9.96. The van der Waals surface area contributed by atoms with Gasteiger partial charge in [-0.25, -0.2) is 4.98 Å². The van der Waals surface area contributed by atoms with Crippen molar-refractivity contribution in [2.45, 2.75) is 32.6 Å². The zero-order valence-electron chi connectivity index (χ0n) is 11.7. The van der Waals surface area contributed by atoms with E-state index >= 15 is 0 Å². The van der Waals surface area contributed by atoms with Gasteiger partial charge in [-0.3, -0.25) is 9.89 Å². The van der Waals surface area contributed by atoms with Gasteiger partial charge in [-0.2, -0.15) is 0 Å². The molecule has 0 spiro atoms. The summed E-state index contributed by atoms with van der Waals surface area (Å²) < 4.78 is 0.759. The molecule has 5 nitrogen and oxygen atoms in total. The summed E-state index contributed by atoms with van der Waals surface area (Å²) in [6.07, 6.45) is 0.750. The Morgan fingerprint density at radius 3 is 2.75 bits per heavy atom. The molecular formula is C13H17ClN4OS. The molecule has 7 heteroatoms. The molecule has 1 amide bonds. The third kappa shape index (κ3) is 3.80. The molecule has 0 aliphatic heterocycles. The minimum atomic E-state index is -0.264. The van der Waals surface area contributed by atoms with Crippen LogP contribution in [0.15, 0.2) is 12.1 Å². The Hall–Kier alpha value is -1.40. The number of carbonyl (C=O) groups excluding carboxylic acids is 1. The number of thiophene rings is 1. The normalized spacial score (nSPS) is 11.6. The largest absolute Gasteiger partial charge is 0.349 e. The summed E-state index contributed by atoms with van der Waals surface area (Å²) >= 11 is 7.37. The topological polar surface area (TPSA) is 70.7 Å². The molecule has 0 fully saturated rings. The highest BCUT2D eigenvalue weighted by Gasteiger charge is 2.21. The fraction of sp³-hybridized carbons (Fsp3) is 0.462. The van der Waals surface area contributed by atoms with Crippen molar-refractivity contribution in [3.05, 3.63) is 33.0 Å². The molecule has 0 aliphatic carbocycles. The number of carbonyl (C=O) groups is 1. The first kappa shape index (κ1) is 15.0. The second-order valence-electron chi connectivity index (χ2n) is 5.47. The third-order valence-corrected chi connectivity index (χ3v) is 3.98. The number of aromatic nitrogens is 3. The third-order valence-electron chi connectivity index (χ3n) is 2.68. The number of hydrogen-bond donors (Lipinski definition) is 2. The van der Waals surface area contributed by atoms with Crippen LogP contribution in [0.25, 0.3) is 0 Å². The average Bonchev–Trinajstić information content (AvgIpc) is 2.97. The number of rotatable bonds is 4. The zero-order valence-corrected chi connectivity index (χ0v) is 13.2. The standard InChI is InChI=1S/C13H17ClN4OS/c1-13(2,3)12-16-10(17-18-12)11(19)15-7-6-8-4-5-9(14)20-8/h4-5H,6-7H2,1-3H3,(H,15,19)(H,16,17,18). The van der Waals surface area contributed by atoms with Crippen molar-refractivity contribution in [1.29, 1.82) is 0 Å². The minimum Gasteiger partial charge on any atom is -0.349 e. The molecule has 108 valence electrons. The van der Waals surface area contributed by atoms with Gasteiger partial charge in [0.25, 0.3) is 5.91 Å². The van der Waals surface area contributed by atoms with Crippen LogP contribution < -0.4 is 5.32 Å². The van der Waals surface area contributed by atoms with Crippen LogP contribution >= 0.6 is 22.9 Å². The van der Waals surface area contributed by atoms with E-state index in [2.05, 4.69) is 20.5 Å². The Labute approximate surface area is 126 Å². The monoisotopic (exact) mass is 312 g/mol. The van der Waals surface area contributed by atoms with E-state index in [1.165, 1.54) is 11.3 Å². The number of nitrogens with one attached hydrogen (secondary N) is 2. The van der Waals surface area contributed by atoms with Crippen molar-refractivity contribution in [1.82, 2.24) is 20.5 Å². The van der Waals surface area contributed by atoms with Gasteiger partial charge in [-0.1, -0.05) is 32.4 Å². The van der Waals surface area contributed by atoms with Gasteiger partial charge in [-0.15, -0.1) is 16.4 Å². The van der Waals surface area contributed by atoms with Crippen LogP contribution in [-0.4, -0.2) is 27.6 Å². The molecule has 0 saturated heterocycles. The van der Waals surface area contributed by atoms with E-state index in [1.807, 2.05) is 32.9 Å². The molecule has 0 bridgehead atoms. The fourth-order valence-electron chi connectivity index (χ4n) is 1.56. The highest BCUT2D eigenvalue weighted by atomic mass is 35.5. The number of halogens is 1. The van der Waals surface area contributed by atoms with Crippen LogP contribution in [0.4, 0.5) is 0 Å². The van der Waals surface area contributed by atoms with Crippen molar-refractivity contribution in [2.24, 2.45) is 0 Å². The van der Waals surface area contributed by atoms with Gasteiger partial charge in [0.1, 0.15) is 5.82 Å². The average molecular weight is 313 g/mol. The Morgan fingerprint density at radius 1 is 1.45 bits per heavy atom. The van der Waals surface area contributed by atoms with Crippen molar-refractivity contribution in [3.8, 4) is 0 Å². The van der Waals surface area contributed by atoms with Gasteiger partial charge in [-0.05, 0) is 18.6 Å². The first-order chi connectivity index (χ1) is 9.36. The van der Waals surface area contributed by atoms with E-state index in [9.17, 15) is 4.79 Å². The predicted octanol–water partition coefficient (Wildman–Crippen LogP) is 2.79.